The predicted molar refractivity (Wildman–Crippen MR) is 168 cm³/mol. The van der Waals surface area contributed by atoms with Crippen LogP contribution in [-0.4, -0.2) is 39.7 Å². The summed E-state index contributed by atoms with van der Waals surface area (Å²) in [4.78, 5) is 38.7. The Bertz CT molecular complexity index is 1300. The standard InChI is InChI=1S/C35H45NO6/c1-2-3-4-5-6-7-8-9-10-11-12-13-14-17-22-36(29-24-27(34(39)40)23-28(25-29)35(41)42)33(38)31-21-20-26-18-15-16-19-30(26)32(31)37/h15-16,18-21,23-25,37H,2-14,17,22H2,1H3,(H,39,40)(H,41,42). The lowest BCUT2D eigenvalue weighted by molar-refractivity contribution is 0.0696. The molecule has 0 unspecified atom stereocenters. The van der Waals surface area contributed by atoms with Gasteiger partial charge < -0.3 is 20.2 Å². The van der Waals surface area contributed by atoms with Crippen LogP contribution < -0.4 is 4.90 Å². The van der Waals surface area contributed by atoms with Crippen molar-refractivity contribution in [3.63, 3.8) is 0 Å². The Labute approximate surface area is 249 Å². The van der Waals surface area contributed by atoms with Gasteiger partial charge in [0.25, 0.3) is 5.91 Å². The first kappa shape index (κ1) is 32.6. The van der Waals surface area contributed by atoms with Gasteiger partial charge in [-0.25, -0.2) is 9.59 Å². The molecule has 0 atom stereocenters. The van der Waals surface area contributed by atoms with Gasteiger partial charge >= 0.3 is 11.9 Å². The van der Waals surface area contributed by atoms with E-state index < -0.39 is 17.8 Å². The highest BCUT2D eigenvalue weighted by atomic mass is 16.4. The normalized spacial score (nSPS) is 11.1. The van der Waals surface area contributed by atoms with Crippen LogP contribution in [0, 0.1) is 0 Å². The molecule has 0 saturated heterocycles. The van der Waals surface area contributed by atoms with Gasteiger partial charge in [0, 0.05) is 17.6 Å². The number of phenols is 1. The molecule has 3 aromatic rings. The van der Waals surface area contributed by atoms with Gasteiger partial charge in [-0.05, 0) is 36.1 Å². The summed E-state index contributed by atoms with van der Waals surface area (Å²) in [6, 6.07) is 14.2. The SMILES string of the molecule is CCCCCCCCCCCCCCCCN(C(=O)c1ccc2ccccc2c1O)c1cc(C(=O)O)cc(C(=O)O)c1. The molecule has 3 rings (SSSR count). The Morgan fingerprint density at radius 2 is 1.14 bits per heavy atom. The number of aromatic hydroxyl groups is 1. The van der Waals surface area contributed by atoms with Crippen molar-refractivity contribution in [3.8, 4) is 5.75 Å². The zero-order valence-corrected chi connectivity index (χ0v) is 24.8. The lowest BCUT2D eigenvalue weighted by Crippen LogP contribution is -2.32. The molecule has 1 amide bonds. The first-order chi connectivity index (χ1) is 20.3. The van der Waals surface area contributed by atoms with Crippen LogP contribution in [-0.2, 0) is 0 Å². The van der Waals surface area contributed by atoms with E-state index in [2.05, 4.69) is 6.92 Å². The summed E-state index contributed by atoms with van der Waals surface area (Å²) < 4.78 is 0. The fraction of sp³-hybridized carbons (Fsp3) is 0.457. The summed E-state index contributed by atoms with van der Waals surface area (Å²) in [5.74, 6) is -3.22. The van der Waals surface area contributed by atoms with Crippen LogP contribution >= 0.6 is 0 Å². The van der Waals surface area contributed by atoms with Gasteiger partial charge in [-0.1, -0.05) is 121 Å². The van der Waals surface area contributed by atoms with Crippen LogP contribution in [0.25, 0.3) is 10.8 Å². The molecule has 0 aromatic heterocycles. The predicted octanol–water partition coefficient (Wildman–Crippen LogP) is 9.07. The third-order valence-corrected chi connectivity index (χ3v) is 7.83. The van der Waals surface area contributed by atoms with Crippen LogP contribution in [0.1, 0.15) is 128 Å². The summed E-state index contributed by atoms with van der Waals surface area (Å²) in [5, 5.41) is 31.5. The number of anilines is 1. The number of carboxylic acid groups (broad SMARTS) is 2. The molecule has 7 nitrogen and oxygen atoms in total. The fourth-order valence-electron chi connectivity index (χ4n) is 5.40. The van der Waals surface area contributed by atoms with Gasteiger partial charge in [-0.15, -0.1) is 0 Å². The number of hydrogen-bond acceptors (Lipinski definition) is 4. The number of fused-ring (bicyclic) bond motifs is 1. The van der Waals surface area contributed by atoms with Crippen molar-refractivity contribution < 1.29 is 29.7 Å². The summed E-state index contributed by atoms with van der Waals surface area (Å²) in [5.41, 5.74) is -0.172. The van der Waals surface area contributed by atoms with Crippen molar-refractivity contribution in [2.24, 2.45) is 0 Å². The fourth-order valence-corrected chi connectivity index (χ4v) is 5.40. The molecule has 7 heteroatoms. The number of phenolic OH excluding ortho intramolecular Hbond substituents is 1. The quantitative estimate of drug-likeness (QED) is 0.123. The van der Waals surface area contributed by atoms with Crippen molar-refractivity contribution in [1.82, 2.24) is 0 Å². The highest BCUT2D eigenvalue weighted by Gasteiger charge is 2.24. The number of nitrogens with zero attached hydrogens (tertiary/aromatic N) is 1. The zero-order chi connectivity index (χ0) is 30.3. The van der Waals surface area contributed by atoms with Gasteiger partial charge in [-0.2, -0.15) is 0 Å². The lowest BCUT2D eigenvalue weighted by atomic mass is 10.0. The second kappa shape index (κ2) is 17.2. The van der Waals surface area contributed by atoms with Crippen LogP contribution in [0.3, 0.4) is 0 Å². The molecule has 0 aliphatic rings. The topological polar surface area (TPSA) is 115 Å². The average Bonchev–Trinajstić information content (AvgIpc) is 2.99. The van der Waals surface area contributed by atoms with Crippen molar-refractivity contribution in [1.29, 1.82) is 0 Å². The van der Waals surface area contributed by atoms with Crippen molar-refractivity contribution in [2.45, 2.75) is 96.8 Å². The number of benzene rings is 3. The van der Waals surface area contributed by atoms with Crippen LogP contribution in [0.4, 0.5) is 5.69 Å². The largest absolute Gasteiger partial charge is 0.506 e. The van der Waals surface area contributed by atoms with Crippen LogP contribution in [0.2, 0.25) is 0 Å². The van der Waals surface area contributed by atoms with Gasteiger partial charge in [0.1, 0.15) is 5.75 Å². The molecule has 3 N–H and O–H groups in total. The van der Waals surface area contributed by atoms with Crippen molar-refractivity contribution in [2.75, 3.05) is 11.4 Å². The summed E-state index contributed by atoms with van der Waals surface area (Å²) >= 11 is 0. The maximum atomic E-state index is 13.8. The Kier molecular flexibility index (Phi) is 13.3. The lowest BCUT2D eigenvalue weighted by Gasteiger charge is -2.24. The maximum Gasteiger partial charge on any atom is 0.335 e. The van der Waals surface area contributed by atoms with Gasteiger partial charge in [0.2, 0.25) is 0 Å². The number of amides is 1. The van der Waals surface area contributed by atoms with E-state index in [9.17, 15) is 29.7 Å². The molecular weight excluding hydrogens is 530 g/mol. The number of hydrogen-bond donors (Lipinski definition) is 3. The third kappa shape index (κ3) is 9.61. The minimum atomic E-state index is -1.28. The summed E-state index contributed by atoms with van der Waals surface area (Å²) in [6.45, 7) is 2.51. The molecule has 0 aliphatic carbocycles. The first-order valence-corrected chi connectivity index (χ1v) is 15.5. The smallest absolute Gasteiger partial charge is 0.335 e. The molecule has 0 aliphatic heterocycles. The van der Waals surface area contributed by atoms with E-state index in [0.29, 0.717) is 11.8 Å². The van der Waals surface area contributed by atoms with Crippen LogP contribution in [0.15, 0.2) is 54.6 Å². The van der Waals surface area contributed by atoms with Crippen LogP contribution in [0.5, 0.6) is 5.75 Å². The summed E-state index contributed by atoms with van der Waals surface area (Å²) in [7, 11) is 0. The molecule has 3 aromatic carbocycles. The first-order valence-electron chi connectivity index (χ1n) is 15.5. The Morgan fingerprint density at radius 1 is 0.643 bits per heavy atom. The molecule has 0 spiro atoms. The molecule has 0 saturated carbocycles. The van der Waals surface area contributed by atoms with E-state index in [1.54, 1.807) is 24.3 Å². The number of rotatable bonds is 19. The zero-order valence-electron chi connectivity index (χ0n) is 24.8. The molecule has 226 valence electrons. The average molecular weight is 576 g/mol. The van der Waals surface area contributed by atoms with Gasteiger partial charge in [0.05, 0.1) is 16.7 Å². The molecule has 0 radical (unpaired) electrons. The molecule has 0 heterocycles. The Balaban J connectivity index is 1.63. The number of aromatic carboxylic acids is 2. The third-order valence-electron chi connectivity index (χ3n) is 7.83. The van der Waals surface area contributed by atoms with E-state index >= 15 is 0 Å². The number of carbonyl (C=O) groups is 3. The second-order valence-corrected chi connectivity index (χ2v) is 11.1. The van der Waals surface area contributed by atoms with E-state index in [4.69, 9.17) is 0 Å². The van der Waals surface area contributed by atoms with E-state index in [0.717, 1.165) is 30.7 Å². The minimum absolute atomic E-state index is 0.0802. The van der Waals surface area contributed by atoms with Crippen molar-refractivity contribution >= 4 is 34.3 Å². The number of carbonyl (C=O) groups excluding carboxylic acids is 1. The van der Waals surface area contributed by atoms with E-state index in [1.165, 1.54) is 81.2 Å². The van der Waals surface area contributed by atoms with E-state index in [-0.39, 0.29) is 34.7 Å². The van der Waals surface area contributed by atoms with E-state index in [1.807, 2.05) is 12.1 Å². The maximum absolute atomic E-state index is 13.8. The van der Waals surface area contributed by atoms with Crippen molar-refractivity contribution in [3.05, 3.63) is 71.3 Å². The molecule has 42 heavy (non-hydrogen) atoms. The monoisotopic (exact) mass is 575 g/mol. The highest BCUT2D eigenvalue weighted by Crippen LogP contribution is 2.31. The minimum Gasteiger partial charge on any atom is -0.506 e. The Morgan fingerprint density at radius 3 is 1.67 bits per heavy atom. The molecule has 0 bridgehead atoms. The number of unbranched alkanes of at least 4 members (excludes halogenated alkanes) is 13. The van der Waals surface area contributed by atoms with Gasteiger partial charge in [-0.3, -0.25) is 4.79 Å². The summed E-state index contributed by atoms with van der Waals surface area (Å²) in [6.07, 6.45) is 16.7. The second-order valence-electron chi connectivity index (χ2n) is 11.1. The Hall–Kier alpha value is -3.87. The molecule has 0 fully saturated rings. The highest BCUT2D eigenvalue weighted by molar-refractivity contribution is 6.12. The number of carboxylic acids is 2. The molecular formula is C35H45NO6. The van der Waals surface area contributed by atoms with Gasteiger partial charge in [0.15, 0.2) is 0 Å².